The number of pyridine rings is 1. The zero-order chi connectivity index (χ0) is 13.9. The average molecular weight is 282 g/mol. The topological polar surface area (TPSA) is 38.7 Å². The van der Waals surface area contributed by atoms with Crippen LogP contribution in [0.3, 0.4) is 0 Å². The zero-order valence-electron chi connectivity index (χ0n) is 10.9. The maximum atomic E-state index is 6.13. The molecule has 0 saturated heterocycles. The van der Waals surface area contributed by atoms with E-state index in [2.05, 4.69) is 15.0 Å². The van der Waals surface area contributed by atoms with E-state index in [1.165, 1.54) is 0 Å². The molecule has 4 heteroatoms. The smallest absolute Gasteiger partial charge is 0.163 e. The van der Waals surface area contributed by atoms with Crippen molar-refractivity contribution >= 4 is 11.6 Å². The first kappa shape index (κ1) is 12.8. The molecular weight excluding hydrogens is 270 g/mol. The molecule has 2 heterocycles. The van der Waals surface area contributed by atoms with Gasteiger partial charge in [-0.25, -0.2) is 9.97 Å². The van der Waals surface area contributed by atoms with Gasteiger partial charge in [-0.15, -0.1) is 0 Å². The normalized spacial score (nSPS) is 10.5. The third-order valence-corrected chi connectivity index (χ3v) is 3.24. The minimum Gasteiger partial charge on any atom is -0.264 e. The Balaban J connectivity index is 2.15. The Morgan fingerprint density at radius 3 is 2.55 bits per heavy atom. The molecule has 3 nitrogen and oxygen atoms in total. The van der Waals surface area contributed by atoms with Crippen molar-refractivity contribution in [3.8, 4) is 22.6 Å². The molecular formula is C16H12ClN3. The quantitative estimate of drug-likeness (QED) is 0.662. The molecule has 3 aromatic rings. The summed E-state index contributed by atoms with van der Waals surface area (Å²) in [6, 6.07) is 13.6. The molecule has 0 aliphatic rings. The van der Waals surface area contributed by atoms with Crippen LogP contribution in [0.4, 0.5) is 0 Å². The maximum absolute atomic E-state index is 6.13. The summed E-state index contributed by atoms with van der Waals surface area (Å²) in [6.45, 7) is 2.00. The second-order valence-corrected chi connectivity index (χ2v) is 4.84. The minimum atomic E-state index is 0.428. The monoisotopic (exact) mass is 281 g/mol. The molecule has 0 fully saturated rings. The Labute approximate surface area is 122 Å². The van der Waals surface area contributed by atoms with E-state index in [9.17, 15) is 0 Å². The molecule has 0 unspecified atom stereocenters. The van der Waals surface area contributed by atoms with Gasteiger partial charge in [0.25, 0.3) is 0 Å². The number of aryl methyl sites for hydroxylation is 1. The molecule has 98 valence electrons. The van der Waals surface area contributed by atoms with E-state index in [1.54, 1.807) is 18.5 Å². The fraction of sp³-hybridized carbons (Fsp3) is 0.0625. The summed E-state index contributed by atoms with van der Waals surface area (Å²) >= 11 is 6.13. The summed E-state index contributed by atoms with van der Waals surface area (Å²) in [5.74, 6) is 0.599. The van der Waals surface area contributed by atoms with Gasteiger partial charge in [0.05, 0.1) is 5.69 Å². The van der Waals surface area contributed by atoms with Crippen LogP contribution in [0.15, 0.2) is 54.9 Å². The van der Waals surface area contributed by atoms with Gasteiger partial charge in [-0.1, -0.05) is 41.9 Å². The first-order chi connectivity index (χ1) is 9.74. The highest BCUT2D eigenvalue weighted by Gasteiger charge is 2.09. The van der Waals surface area contributed by atoms with Gasteiger partial charge in [-0.3, -0.25) is 4.98 Å². The lowest BCUT2D eigenvalue weighted by Crippen LogP contribution is -1.95. The molecule has 0 aliphatic heterocycles. The number of hydrogen-bond donors (Lipinski definition) is 0. The number of hydrogen-bond acceptors (Lipinski definition) is 3. The molecule has 0 atom stereocenters. The van der Waals surface area contributed by atoms with Gasteiger partial charge < -0.3 is 0 Å². The lowest BCUT2D eigenvalue weighted by molar-refractivity contribution is 1.15. The standard InChI is InChI=1S/C16H12ClN3/c1-11-7-8-18-10-13(11)16-19-14(9-15(17)20-16)12-5-3-2-4-6-12/h2-10H,1H3. The van der Waals surface area contributed by atoms with E-state index in [1.807, 2.05) is 43.3 Å². The van der Waals surface area contributed by atoms with Crippen LogP contribution in [0, 0.1) is 6.92 Å². The minimum absolute atomic E-state index is 0.428. The number of aromatic nitrogens is 3. The van der Waals surface area contributed by atoms with Crippen molar-refractivity contribution < 1.29 is 0 Å². The molecule has 2 aromatic heterocycles. The first-order valence-corrected chi connectivity index (χ1v) is 6.63. The third-order valence-electron chi connectivity index (χ3n) is 3.04. The Bertz CT molecular complexity index is 742. The highest BCUT2D eigenvalue weighted by atomic mass is 35.5. The largest absolute Gasteiger partial charge is 0.264 e. The Morgan fingerprint density at radius 1 is 1.00 bits per heavy atom. The number of halogens is 1. The van der Waals surface area contributed by atoms with Crippen molar-refractivity contribution in [2.24, 2.45) is 0 Å². The molecule has 0 bridgehead atoms. The summed E-state index contributed by atoms with van der Waals surface area (Å²) in [5, 5.41) is 0.428. The Kier molecular flexibility index (Phi) is 3.44. The summed E-state index contributed by atoms with van der Waals surface area (Å²) in [5.41, 5.74) is 3.79. The Hall–Kier alpha value is -2.26. The highest BCUT2D eigenvalue weighted by Crippen LogP contribution is 2.25. The van der Waals surface area contributed by atoms with Crippen LogP contribution in [0.5, 0.6) is 0 Å². The molecule has 20 heavy (non-hydrogen) atoms. The molecule has 0 N–H and O–H groups in total. The van der Waals surface area contributed by atoms with Crippen LogP contribution in [0.2, 0.25) is 5.15 Å². The molecule has 0 saturated carbocycles. The van der Waals surface area contributed by atoms with Crippen molar-refractivity contribution in [1.29, 1.82) is 0 Å². The summed E-state index contributed by atoms with van der Waals surface area (Å²) in [7, 11) is 0. The molecule has 0 aliphatic carbocycles. The number of rotatable bonds is 2. The van der Waals surface area contributed by atoms with Crippen molar-refractivity contribution in [2.75, 3.05) is 0 Å². The van der Waals surface area contributed by atoms with E-state index in [4.69, 9.17) is 11.6 Å². The van der Waals surface area contributed by atoms with Gasteiger partial charge in [0.2, 0.25) is 0 Å². The van der Waals surface area contributed by atoms with E-state index in [0.717, 1.165) is 22.4 Å². The molecule has 0 radical (unpaired) electrons. The van der Waals surface area contributed by atoms with Crippen molar-refractivity contribution in [3.63, 3.8) is 0 Å². The third kappa shape index (κ3) is 2.53. The molecule has 1 aromatic carbocycles. The summed E-state index contributed by atoms with van der Waals surface area (Å²) < 4.78 is 0. The second kappa shape index (κ2) is 5.39. The van der Waals surface area contributed by atoms with Crippen molar-refractivity contribution in [3.05, 3.63) is 65.6 Å². The maximum Gasteiger partial charge on any atom is 0.163 e. The highest BCUT2D eigenvalue weighted by molar-refractivity contribution is 6.29. The summed E-state index contributed by atoms with van der Waals surface area (Å²) in [6.07, 6.45) is 3.51. The molecule has 3 rings (SSSR count). The zero-order valence-corrected chi connectivity index (χ0v) is 11.7. The van der Waals surface area contributed by atoms with Gasteiger partial charge in [-0.05, 0) is 18.6 Å². The lowest BCUT2D eigenvalue weighted by Gasteiger charge is -2.07. The van der Waals surface area contributed by atoms with Crippen molar-refractivity contribution in [2.45, 2.75) is 6.92 Å². The lowest BCUT2D eigenvalue weighted by atomic mass is 10.1. The van der Waals surface area contributed by atoms with Gasteiger partial charge in [0.1, 0.15) is 5.15 Å². The van der Waals surface area contributed by atoms with E-state index in [-0.39, 0.29) is 0 Å². The predicted molar refractivity (Wildman–Crippen MR) is 80.4 cm³/mol. The van der Waals surface area contributed by atoms with Crippen LogP contribution in [0.25, 0.3) is 22.6 Å². The van der Waals surface area contributed by atoms with Crippen LogP contribution >= 0.6 is 11.6 Å². The van der Waals surface area contributed by atoms with Crippen LogP contribution in [-0.2, 0) is 0 Å². The second-order valence-electron chi connectivity index (χ2n) is 4.46. The molecule has 0 spiro atoms. The number of benzene rings is 1. The van der Waals surface area contributed by atoms with Gasteiger partial charge in [-0.2, -0.15) is 0 Å². The van der Waals surface area contributed by atoms with Gasteiger partial charge in [0.15, 0.2) is 5.82 Å². The van der Waals surface area contributed by atoms with Gasteiger partial charge in [0, 0.05) is 29.6 Å². The van der Waals surface area contributed by atoms with E-state index >= 15 is 0 Å². The summed E-state index contributed by atoms with van der Waals surface area (Å²) in [4.78, 5) is 13.0. The van der Waals surface area contributed by atoms with Gasteiger partial charge >= 0.3 is 0 Å². The SMILES string of the molecule is Cc1ccncc1-c1nc(Cl)cc(-c2ccccc2)n1. The van der Waals surface area contributed by atoms with E-state index < -0.39 is 0 Å². The molecule has 0 amide bonds. The predicted octanol–water partition coefficient (Wildman–Crippen LogP) is 4.17. The van der Waals surface area contributed by atoms with Crippen LogP contribution in [0.1, 0.15) is 5.56 Å². The fourth-order valence-electron chi connectivity index (χ4n) is 1.99. The van der Waals surface area contributed by atoms with Crippen LogP contribution in [-0.4, -0.2) is 15.0 Å². The van der Waals surface area contributed by atoms with Crippen molar-refractivity contribution in [1.82, 2.24) is 15.0 Å². The average Bonchev–Trinajstić information content (AvgIpc) is 2.48. The Morgan fingerprint density at radius 2 is 1.80 bits per heavy atom. The fourth-order valence-corrected chi connectivity index (χ4v) is 2.18. The number of nitrogens with zero attached hydrogens (tertiary/aromatic N) is 3. The first-order valence-electron chi connectivity index (χ1n) is 6.25. The van der Waals surface area contributed by atoms with E-state index in [0.29, 0.717) is 11.0 Å². The van der Waals surface area contributed by atoms with Crippen LogP contribution < -0.4 is 0 Å².